The van der Waals surface area contributed by atoms with Gasteiger partial charge in [-0.1, -0.05) is 50.4 Å². The lowest BCUT2D eigenvalue weighted by atomic mass is 9.78. The Morgan fingerprint density at radius 3 is 2.27 bits per heavy atom. The van der Waals surface area contributed by atoms with E-state index in [0.717, 1.165) is 68.7 Å². The predicted octanol–water partition coefficient (Wildman–Crippen LogP) is 5.90. The quantitative estimate of drug-likeness (QED) is 0.479. The third-order valence-electron chi connectivity index (χ3n) is 6.18. The lowest BCUT2D eigenvalue weighted by molar-refractivity contribution is -0.121. The Bertz CT molecular complexity index is 795. The van der Waals surface area contributed by atoms with Gasteiger partial charge in [0.05, 0.1) is 12.0 Å². The molecule has 0 bridgehead atoms. The summed E-state index contributed by atoms with van der Waals surface area (Å²) in [5, 5.41) is 3.82. The number of rotatable bonds is 10. The maximum Gasteiger partial charge on any atom is 0.235 e. The number of anilines is 1. The van der Waals surface area contributed by atoms with Crippen LogP contribution in [0, 0.1) is 0 Å². The average Bonchev–Trinajstić information content (AvgIpc) is 3.27. The van der Waals surface area contributed by atoms with Crippen molar-refractivity contribution in [3.8, 4) is 5.75 Å². The molecule has 0 heterocycles. The number of halogens is 1. The molecule has 162 valence electrons. The fourth-order valence-electron chi connectivity index (χ4n) is 4.30. The summed E-state index contributed by atoms with van der Waals surface area (Å²) in [5.41, 5.74) is 1.38. The summed E-state index contributed by atoms with van der Waals surface area (Å²) in [6.45, 7) is 8.25. The van der Waals surface area contributed by atoms with Crippen LogP contribution in [-0.4, -0.2) is 37.0 Å². The lowest BCUT2D eigenvalue weighted by Gasteiger charge is -2.28. The second-order valence-corrected chi connectivity index (χ2v) is 8.44. The van der Waals surface area contributed by atoms with Crippen molar-refractivity contribution in [1.82, 2.24) is 4.90 Å². The topological polar surface area (TPSA) is 41.6 Å². The highest BCUT2D eigenvalue weighted by molar-refractivity contribution is 6.30. The molecule has 0 aliphatic heterocycles. The highest BCUT2D eigenvalue weighted by atomic mass is 35.5. The Labute approximate surface area is 185 Å². The summed E-state index contributed by atoms with van der Waals surface area (Å²) in [7, 11) is 0. The van der Waals surface area contributed by atoms with Crippen molar-refractivity contribution in [2.75, 3.05) is 31.6 Å². The van der Waals surface area contributed by atoms with Gasteiger partial charge in [-0.25, -0.2) is 0 Å². The number of nitrogens with zero attached hydrogens (tertiary/aromatic N) is 1. The van der Waals surface area contributed by atoms with E-state index in [1.807, 2.05) is 48.5 Å². The summed E-state index contributed by atoms with van der Waals surface area (Å²) in [4.78, 5) is 15.6. The molecule has 1 fully saturated rings. The molecule has 4 nitrogen and oxygen atoms in total. The van der Waals surface area contributed by atoms with Crippen molar-refractivity contribution in [3.63, 3.8) is 0 Å². The van der Waals surface area contributed by atoms with Crippen LogP contribution in [0.15, 0.2) is 48.5 Å². The van der Waals surface area contributed by atoms with E-state index in [0.29, 0.717) is 11.6 Å². The number of hydrogen-bond acceptors (Lipinski definition) is 3. The molecule has 2 aromatic carbocycles. The Morgan fingerprint density at radius 2 is 1.67 bits per heavy atom. The third-order valence-corrected chi connectivity index (χ3v) is 6.43. The van der Waals surface area contributed by atoms with Crippen LogP contribution in [0.25, 0.3) is 0 Å². The lowest BCUT2D eigenvalue weighted by Crippen LogP contribution is -2.37. The molecule has 1 aliphatic rings. The predicted molar refractivity (Wildman–Crippen MR) is 125 cm³/mol. The van der Waals surface area contributed by atoms with E-state index in [9.17, 15) is 4.79 Å². The van der Waals surface area contributed by atoms with Crippen LogP contribution in [0.5, 0.6) is 5.75 Å². The maximum absolute atomic E-state index is 13.3. The molecule has 0 spiro atoms. The number of hydrogen-bond donors (Lipinski definition) is 1. The van der Waals surface area contributed by atoms with E-state index in [4.69, 9.17) is 16.3 Å². The van der Waals surface area contributed by atoms with Crippen LogP contribution in [0.2, 0.25) is 5.02 Å². The van der Waals surface area contributed by atoms with Gasteiger partial charge in [-0.2, -0.15) is 0 Å². The first kappa shape index (κ1) is 22.6. The van der Waals surface area contributed by atoms with Crippen molar-refractivity contribution in [3.05, 3.63) is 59.1 Å². The molecule has 1 amide bonds. The molecule has 1 N–H and O–H groups in total. The molecule has 0 unspecified atom stereocenters. The van der Waals surface area contributed by atoms with Crippen LogP contribution in [0.1, 0.15) is 51.5 Å². The van der Waals surface area contributed by atoms with Gasteiger partial charge < -0.3 is 15.0 Å². The number of carbonyl (C=O) groups excluding carboxylic acids is 1. The highest BCUT2D eigenvalue weighted by Crippen LogP contribution is 2.42. The average molecular weight is 429 g/mol. The molecular weight excluding hydrogens is 396 g/mol. The number of nitrogens with one attached hydrogen (secondary N) is 1. The zero-order valence-corrected chi connectivity index (χ0v) is 18.9. The molecule has 0 saturated heterocycles. The molecule has 0 radical (unpaired) electrons. The SMILES string of the molecule is CCN(CC)CCCOc1ccc(NC(=O)C2(c3ccc(Cl)cc3)CCCC2)cc1. The summed E-state index contributed by atoms with van der Waals surface area (Å²) < 4.78 is 5.85. The van der Waals surface area contributed by atoms with Crippen LogP contribution in [-0.2, 0) is 10.2 Å². The van der Waals surface area contributed by atoms with Gasteiger partial charge in [-0.3, -0.25) is 4.79 Å². The standard InChI is InChI=1S/C25H33ClN2O2/c1-3-28(4-2)18-7-19-30-23-14-12-22(13-15-23)27-24(29)25(16-5-6-17-25)20-8-10-21(26)11-9-20/h8-15H,3-7,16-19H2,1-2H3,(H,27,29). The first-order valence-corrected chi connectivity index (χ1v) is 11.5. The number of benzene rings is 2. The molecule has 0 aromatic heterocycles. The normalized spacial score (nSPS) is 15.3. The Balaban J connectivity index is 1.57. The van der Waals surface area contributed by atoms with Gasteiger partial charge in [0, 0.05) is 17.3 Å². The Hall–Kier alpha value is -2.04. The first-order valence-electron chi connectivity index (χ1n) is 11.1. The zero-order chi connectivity index (χ0) is 21.4. The van der Waals surface area contributed by atoms with Crippen molar-refractivity contribution in [2.24, 2.45) is 0 Å². The first-order chi connectivity index (χ1) is 14.6. The monoisotopic (exact) mass is 428 g/mol. The zero-order valence-electron chi connectivity index (χ0n) is 18.1. The molecule has 0 atom stereocenters. The van der Waals surface area contributed by atoms with Gasteiger partial charge in [-0.05, 0) is 74.3 Å². The number of amides is 1. The molecule has 2 aromatic rings. The minimum Gasteiger partial charge on any atom is -0.494 e. The molecule has 5 heteroatoms. The summed E-state index contributed by atoms with van der Waals surface area (Å²) in [6, 6.07) is 15.4. The second-order valence-electron chi connectivity index (χ2n) is 8.00. The third kappa shape index (κ3) is 5.55. The Kier molecular flexibility index (Phi) is 8.17. The van der Waals surface area contributed by atoms with Gasteiger partial charge >= 0.3 is 0 Å². The molecule has 3 rings (SSSR count). The Morgan fingerprint density at radius 1 is 1.03 bits per heavy atom. The summed E-state index contributed by atoms with van der Waals surface area (Å²) in [5.74, 6) is 0.899. The molecular formula is C25H33ClN2O2. The van der Waals surface area contributed by atoms with E-state index >= 15 is 0 Å². The van der Waals surface area contributed by atoms with E-state index in [2.05, 4.69) is 24.1 Å². The molecule has 30 heavy (non-hydrogen) atoms. The fourth-order valence-corrected chi connectivity index (χ4v) is 4.42. The highest BCUT2D eigenvalue weighted by Gasteiger charge is 2.42. The molecule has 1 aliphatic carbocycles. The second kappa shape index (κ2) is 10.8. The smallest absolute Gasteiger partial charge is 0.235 e. The van der Waals surface area contributed by atoms with E-state index in [1.165, 1.54) is 0 Å². The minimum absolute atomic E-state index is 0.0650. The van der Waals surface area contributed by atoms with Crippen LogP contribution in [0.4, 0.5) is 5.69 Å². The van der Waals surface area contributed by atoms with Crippen molar-refractivity contribution >= 4 is 23.2 Å². The maximum atomic E-state index is 13.3. The largest absolute Gasteiger partial charge is 0.494 e. The fraction of sp³-hybridized carbons (Fsp3) is 0.480. The van der Waals surface area contributed by atoms with Crippen LogP contribution >= 0.6 is 11.6 Å². The van der Waals surface area contributed by atoms with Gasteiger partial charge in [0.2, 0.25) is 5.91 Å². The number of carbonyl (C=O) groups is 1. The van der Waals surface area contributed by atoms with Crippen LogP contribution < -0.4 is 10.1 Å². The van der Waals surface area contributed by atoms with Gasteiger partial charge in [0.25, 0.3) is 0 Å². The number of ether oxygens (including phenoxy) is 1. The van der Waals surface area contributed by atoms with E-state index < -0.39 is 5.41 Å². The van der Waals surface area contributed by atoms with Gasteiger partial charge in [0.15, 0.2) is 0 Å². The van der Waals surface area contributed by atoms with E-state index in [-0.39, 0.29) is 5.91 Å². The van der Waals surface area contributed by atoms with Crippen molar-refractivity contribution in [2.45, 2.75) is 51.4 Å². The molecule has 1 saturated carbocycles. The summed E-state index contributed by atoms with van der Waals surface area (Å²) in [6.07, 6.45) is 4.87. The van der Waals surface area contributed by atoms with E-state index in [1.54, 1.807) is 0 Å². The van der Waals surface area contributed by atoms with Gasteiger partial charge in [0.1, 0.15) is 5.75 Å². The van der Waals surface area contributed by atoms with Crippen LogP contribution in [0.3, 0.4) is 0 Å². The minimum atomic E-state index is -0.468. The summed E-state index contributed by atoms with van der Waals surface area (Å²) >= 11 is 6.05. The van der Waals surface area contributed by atoms with Crippen molar-refractivity contribution < 1.29 is 9.53 Å². The van der Waals surface area contributed by atoms with Crippen molar-refractivity contribution in [1.29, 1.82) is 0 Å². The van der Waals surface area contributed by atoms with Gasteiger partial charge in [-0.15, -0.1) is 0 Å².